The molecular weight excluding hydrogens is 279 g/mol. The SMILES string of the molecule is COCc1ccc(C(O)Cc2ccc(F)cc2Cl)cc1. The van der Waals surface area contributed by atoms with Gasteiger partial charge in [-0.2, -0.15) is 0 Å². The van der Waals surface area contributed by atoms with Gasteiger partial charge in [0.05, 0.1) is 12.7 Å². The van der Waals surface area contributed by atoms with Crippen molar-refractivity contribution in [1.82, 2.24) is 0 Å². The van der Waals surface area contributed by atoms with Gasteiger partial charge in [-0.15, -0.1) is 0 Å². The molecule has 0 saturated heterocycles. The molecule has 2 aromatic carbocycles. The van der Waals surface area contributed by atoms with Crippen LogP contribution in [-0.4, -0.2) is 12.2 Å². The molecule has 0 radical (unpaired) electrons. The van der Waals surface area contributed by atoms with E-state index in [9.17, 15) is 9.50 Å². The van der Waals surface area contributed by atoms with E-state index in [-0.39, 0.29) is 5.82 Å². The van der Waals surface area contributed by atoms with Crippen LogP contribution in [0.2, 0.25) is 5.02 Å². The van der Waals surface area contributed by atoms with E-state index < -0.39 is 6.10 Å². The molecule has 2 aromatic rings. The van der Waals surface area contributed by atoms with Crippen LogP contribution in [0.3, 0.4) is 0 Å². The van der Waals surface area contributed by atoms with Gasteiger partial charge in [-0.05, 0) is 28.8 Å². The number of aliphatic hydroxyl groups excluding tert-OH is 1. The third kappa shape index (κ3) is 3.79. The molecule has 0 heterocycles. The van der Waals surface area contributed by atoms with Gasteiger partial charge in [0.15, 0.2) is 0 Å². The average Bonchev–Trinajstić information content (AvgIpc) is 2.43. The molecular formula is C16H16ClFO2. The molecule has 0 aliphatic heterocycles. The van der Waals surface area contributed by atoms with Gasteiger partial charge < -0.3 is 9.84 Å². The molecule has 1 unspecified atom stereocenters. The summed E-state index contributed by atoms with van der Waals surface area (Å²) < 4.78 is 18.0. The Morgan fingerprint density at radius 1 is 1.20 bits per heavy atom. The first kappa shape index (κ1) is 15.0. The van der Waals surface area contributed by atoms with E-state index in [1.807, 2.05) is 24.3 Å². The molecule has 20 heavy (non-hydrogen) atoms. The first-order chi connectivity index (χ1) is 9.60. The van der Waals surface area contributed by atoms with E-state index in [0.29, 0.717) is 18.1 Å². The highest BCUT2D eigenvalue weighted by molar-refractivity contribution is 6.31. The van der Waals surface area contributed by atoms with Crippen LogP contribution in [0.25, 0.3) is 0 Å². The normalized spacial score (nSPS) is 12.4. The van der Waals surface area contributed by atoms with Crippen molar-refractivity contribution < 1.29 is 14.2 Å². The van der Waals surface area contributed by atoms with Gasteiger partial charge in [0.2, 0.25) is 0 Å². The number of aliphatic hydroxyl groups is 1. The molecule has 0 aliphatic carbocycles. The number of ether oxygens (including phenoxy) is 1. The van der Waals surface area contributed by atoms with Crippen LogP contribution in [0.15, 0.2) is 42.5 Å². The zero-order valence-electron chi connectivity index (χ0n) is 11.1. The number of rotatable bonds is 5. The van der Waals surface area contributed by atoms with Crippen molar-refractivity contribution in [3.8, 4) is 0 Å². The fourth-order valence-electron chi connectivity index (χ4n) is 2.02. The zero-order chi connectivity index (χ0) is 14.5. The van der Waals surface area contributed by atoms with Crippen LogP contribution in [0.5, 0.6) is 0 Å². The highest BCUT2D eigenvalue weighted by atomic mass is 35.5. The molecule has 0 amide bonds. The monoisotopic (exact) mass is 294 g/mol. The second-order valence-electron chi connectivity index (χ2n) is 4.63. The Balaban J connectivity index is 2.09. The number of hydrogen-bond acceptors (Lipinski definition) is 2. The maximum absolute atomic E-state index is 13.0. The number of benzene rings is 2. The van der Waals surface area contributed by atoms with E-state index in [1.165, 1.54) is 12.1 Å². The topological polar surface area (TPSA) is 29.5 Å². The molecule has 4 heteroatoms. The van der Waals surface area contributed by atoms with Crippen LogP contribution in [0, 0.1) is 5.82 Å². The molecule has 2 nitrogen and oxygen atoms in total. The van der Waals surface area contributed by atoms with Crippen molar-refractivity contribution in [3.05, 3.63) is 70.0 Å². The summed E-state index contributed by atoms with van der Waals surface area (Å²) in [5.41, 5.74) is 2.56. The highest BCUT2D eigenvalue weighted by Crippen LogP contribution is 2.24. The number of methoxy groups -OCH3 is 1. The van der Waals surface area contributed by atoms with E-state index in [4.69, 9.17) is 16.3 Å². The summed E-state index contributed by atoms with van der Waals surface area (Å²) in [5.74, 6) is -0.378. The minimum absolute atomic E-state index is 0.333. The summed E-state index contributed by atoms with van der Waals surface area (Å²) in [5, 5.41) is 10.5. The molecule has 0 spiro atoms. The van der Waals surface area contributed by atoms with Crippen LogP contribution in [0.4, 0.5) is 4.39 Å². The highest BCUT2D eigenvalue weighted by Gasteiger charge is 2.11. The van der Waals surface area contributed by atoms with Gasteiger partial charge in [0.25, 0.3) is 0 Å². The zero-order valence-corrected chi connectivity index (χ0v) is 11.9. The third-order valence-electron chi connectivity index (χ3n) is 3.10. The minimum atomic E-state index is -0.672. The second kappa shape index (κ2) is 6.84. The minimum Gasteiger partial charge on any atom is -0.388 e. The lowest BCUT2D eigenvalue weighted by molar-refractivity contribution is 0.177. The summed E-state index contributed by atoms with van der Waals surface area (Å²) in [4.78, 5) is 0. The fraction of sp³-hybridized carbons (Fsp3) is 0.250. The van der Waals surface area contributed by atoms with Crippen molar-refractivity contribution in [3.63, 3.8) is 0 Å². The molecule has 0 fully saturated rings. The number of hydrogen-bond donors (Lipinski definition) is 1. The molecule has 0 saturated carbocycles. The van der Waals surface area contributed by atoms with E-state index >= 15 is 0 Å². The fourth-order valence-corrected chi connectivity index (χ4v) is 2.26. The van der Waals surface area contributed by atoms with Crippen LogP contribution >= 0.6 is 11.6 Å². The predicted molar refractivity (Wildman–Crippen MR) is 77.2 cm³/mol. The van der Waals surface area contributed by atoms with Crippen molar-refractivity contribution in [2.24, 2.45) is 0 Å². The van der Waals surface area contributed by atoms with Crippen molar-refractivity contribution in [1.29, 1.82) is 0 Å². The molecule has 1 N–H and O–H groups in total. The Morgan fingerprint density at radius 2 is 1.90 bits per heavy atom. The van der Waals surface area contributed by atoms with E-state index in [0.717, 1.165) is 16.7 Å². The van der Waals surface area contributed by atoms with Crippen LogP contribution in [-0.2, 0) is 17.8 Å². The lowest BCUT2D eigenvalue weighted by atomic mass is 10.0. The molecule has 1 atom stereocenters. The summed E-state index contributed by atoms with van der Waals surface area (Å²) in [7, 11) is 1.64. The second-order valence-corrected chi connectivity index (χ2v) is 5.04. The lowest BCUT2D eigenvalue weighted by Gasteiger charge is -2.13. The van der Waals surface area contributed by atoms with E-state index in [2.05, 4.69) is 0 Å². The van der Waals surface area contributed by atoms with Crippen LogP contribution < -0.4 is 0 Å². The van der Waals surface area contributed by atoms with Gasteiger partial charge in [0, 0.05) is 18.6 Å². The summed E-state index contributed by atoms with van der Waals surface area (Å²) in [6.45, 7) is 0.542. The first-order valence-corrected chi connectivity index (χ1v) is 6.67. The smallest absolute Gasteiger partial charge is 0.124 e. The molecule has 106 valence electrons. The van der Waals surface area contributed by atoms with Crippen molar-refractivity contribution in [2.45, 2.75) is 19.1 Å². The van der Waals surface area contributed by atoms with Gasteiger partial charge >= 0.3 is 0 Å². The first-order valence-electron chi connectivity index (χ1n) is 6.30. The van der Waals surface area contributed by atoms with Gasteiger partial charge in [-0.1, -0.05) is 41.9 Å². The van der Waals surface area contributed by atoms with E-state index in [1.54, 1.807) is 13.2 Å². The third-order valence-corrected chi connectivity index (χ3v) is 3.46. The Morgan fingerprint density at radius 3 is 2.50 bits per heavy atom. The Hall–Kier alpha value is -1.42. The quantitative estimate of drug-likeness (QED) is 0.906. The largest absolute Gasteiger partial charge is 0.388 e. The summed E-state index contributed by atoms with van der Waals surface area (Å²) in [6, 6.07) is 11.7. The average molecular weight is 295 g/mol. The molecule has 0 aliphatic rings. The predicted octanol–water partition coefficient (Wildman–Crippen LogP) is 3.90. The summed E-state index contributed by atoms with van der Waals surface area (Å²) in [6.07, 6.45) is -0.322. The van der Waals surface area contributed by atoms with Crippen molar-refractivity contribution >= 4 is 11.6 Å². The molecule has 0 bridgehead atoms. The maximum Gasteiger partial charge on any atom is 0.124 e. The van der Waals surface area contributed by atoms with Crippen LogP contribution in [0.1, 0.15) is 22.8 Å². The van der Waals surface area contributed by atoms with Crippen molar-refractivity contribution in [2.75, 3.05) is 7.11 Å². The summed E-state index contributed by atoms with van der Waals surface area (Å²) >= 11 is 5.96. The Labute approximate surface area is 122 Å². The Kier molecular flexibility index (Phi) is 5.12. The van der Waals surface area contributed by atoms with Gasteiger partial charge in [0.1, 0.15) is 5.82 Å². The van der Waals surface area contributed by atoms with Gasteiger partial charge in [-0.25, -0.2) is 4.39 Å². The standard InChI is InChI=1S/C16H16ClFO2/c1-20-10-11-2-4-12(5-3-11)16(19)8-13-6-7-14(18)9-15(13)17/h2-7,9,16,19H,8,10H2,1H3. The maximum atomic E-state index is 13.0. The molecule has 0 aromatic heterocycles. The van der Waals surface area contributed by atoms with Gasteiger partial charge in [-0.3, -0.25) is 0 Å². The molecule has 2 rings (SSSR count). The lowest BCUT2D eigenvalue weighted by Crippen LogP contribution is -2.03. The number of halogens is 2. The Bertz CT molecular complexity index is 569.